The summed E-state index contributed by atoms with van der Waals surface area (Å²) >= 11 is 3.08. The second-order valence-corrected chi connectivity index (χ2v) is 3.12. The van der Waals surface area contributed by atoms with E-state index < -0.39 is 30.2 Å². The molecule has 0 saturated heterocycles. The number of halogens is 1. The van der Waals surface area contributed by atoms with Gasteiger partial charge in [0.05, 0.1) is 11.0 Å². The van der Waals surface area contributed by atoms with Crippen molar-refractivity contribution in [3.8, 4) is 11.1 Å². The average molecular weight is 241 g/mol. The normalized spacial score (nSPS) is 18.5. The molecule has 0 radical (unpaired) electrons. The fourth-order valence-corrected chi connectivity index (χ4v) is 1.17. The van der Waals surface area contributed by atoms with Crippen LogP contribution in [0, 0.1) is 0 Å². The second-order valence-electron chi connectivity index (χ2n) is 2.26. The van der Waals surface area contributed by atoms with Gasteiger partial charge in [-0.25, -0.2) is 0 Å². The lowest BCUT2D eigenvalue weighted by Gasteiger charge is -2.00. The van der Waals surface area contributed by atoms with Crippen molar-refractivity contribution in [1.82, 2.24) is 0 Å². The molecule has 64 valence electrons. The molecule has 0 spiro atoms. The van der Waals surface area contributed by atoms with E-state index in [4.69, 9.17) is 11.0 Å². The predicted molar refractivity (Wildman–Crippen MR) is 59.6 cm³/mol. The molecule has 0 aliphatic carbocycles. The summed E-state index contributed by atoms with van der Waals surface area (Å²) in [5.74, 6) is 0. The maximum absolute atomic E-state index is 7.97. The Morgan fingerprint density at radius 1 is 0.923 bits per heavy atom. The summed E-state index contributed by atoms with van der Waals surface area (Å²) in [4.78, 5) is 0. The maximum Gasteiger partial charge on any atom is 0.0641 e. The summed E-state index contributed by atoms with van der Waals surface area (Å²) in [7, 11) is 0. The largest absolute Gasteiger partial charge is 0.0641 e. The predicted octanol–water partition coefficient (Wildman–Crippen LogP) is 4.12. The van der Waals surface area contributed by atoms with Crippen molar-refractivity contribution < 1.29 is 11.0 Å². The lowest BCUT2D eigenvalue weighted by atomic mass is 10.1. The van der Waals surface area contributed by atoms with Gasteiger partial charge in [-0.1, -0.05) is 58.2 Å². The minimum Gasteiger partial charge on any atom is -0.0622 e. The zero-order chi connectivity index (χ0) is 16.1. The van der Waals surface area contributed by atoms with Gasteiger partial charge in [-0.3, -0.25) is 0 Å². The molecule has 0 heterocycles. The Morgan fingerprint density at radius 2 is 1.62 bits per heavy atom. The summed E-state index contributed by atoms with van der Waals surface area (Å²) in [5, 5.41) is 0. The van der Waals surface area contributed by atoms with Crippen molar-refractivity contribution in [3.63, 3.8) is 0 Å². The van der Waals surface area contributed by atoms with E-state index in [9.17, 15) is 0 Å². The van der Waals surface area contributed by atoms with E-state index >= 15 is 0 Å². The molecule has 2 aromatic rings. The van der Waals surface area contributed by atoms with Gasteiger partial charge >= 0.3 is 0 Å². The van der Waals surface area contributed by atoms with Crippen LogP contribution in [-0.2, 0) is 0 Å². The van der Waals surface area contributed by atoms with Gasteiger partial charge in [-0.15, -0.1) is 0 Å². The molecule has 1 heteroatoms. The van der Waals surface area contributed by atoms with Crippen molar-refractivity contribution in [2.75, 3.05) is 0 Å². The van der Waals surface area contributed by atoms with Gasteiger partial charge in [-0.2, -0.15) is 0 Å². The molecule has 0 nitrogen and oxygen atoms in total. The molecule has 0 amide bonds. The molecule has 2 aromatic carbocycles. The topological polar surface area (TPSA) is 0 Å². The van der Waals surface area contributed by atoms with Gasteiger partial charge < -0.3 is 0 Å². The molecule has 0 aliphatic rings. The van der Waals surface area contributed by atoms with Crippen LogP contribution in [-0.4, -0.2) is 0 Å². The van der Waals surface area contributed by atoms with Gasteiger partial charge in [0.2, 0.25) is 0 Å². The van der Waals surface area contributed by atoms with Crippen LogP contribution in [0.15, 0.2) is 58.9 Å². The van der Waals surface area contributed by atoms with Gasteiger partial charge in [0.15, 0.2) is 0 Å². The molecule has 0 unspecified atom stereocenters. The van der Waals surface area contributed by atoms with Crippen LogP contribution >= 0.6 is 15.9 Å². The molecule has 0 aliphatic heterocycles. The summed E-state index contributed by atoms with van der Waals surface area (Å²) in [6.45, 7) is 0. The third kappa shape index (κ3) is 1.99. The quantitative estimate of drug-likeness (QED) is 0.704. The molecule has 0 atom stereocenters. The molecular weight excluding hydrogens is 224 g/mol. The van der Waals surface area contributed by atoms with Crippen LogP contribution in [0.1, 0.15) is 11.0 Å². The number of benzene rings is 2. The third-order valence-electron chi connectivity index (χ3n) is 1.39. The fourth-order valence-electron chi connectivity index (χ4n) is 0.858. The van der Waals surface area contributed by atoms with Crippen molar-refractivity contribution >= 4 is 15.9 Å². The van der Waals surface area contributed by atoms with E-state index in [1.165, 1.54) is 6.07 Å². The molecule has 0 aromatic heterocycles. The van der Waals surface area contributed by atoms with Crippen LogP contribution in [0.4, 0.5) is 0 Å². The Kier molecular flexibility index (Phi) is 0.938. The Balaban J connectivity index is 3.00. The highest BCUT2D eigenvalue weighted by molar-refractivity contribution is 9.10. The highest BCUT2D eigenvalue weighted by atomic mass is 79.9. The summed E-state index contributed by atoms with van der Waals surface area (Å²) < 4.78 is 62.4. The molecule has 0 bridgehead atoms. The van der Waals surface area contributed by atoms with E-state index in [2.05, 4.69) is 15.9 Å². The Morgan fingerprint density at radius 3 is 2.38 bits per heavy atom. The first-order valence-electron chi connectivity index (χ1n) is 7.52. The summed E-state index contributed by atoms with van der Waals surface area (Å²) in [6, 6.07) is -2.03. The number of rotatable bonds is 1. The van der Waals surface area contributed by atoms with E-state index in [1.54, 1.807) is 0 Å². The molecule has 13 heavy (non-hydrogen) atoms. The molecule has 0 fully saturated rings. The third-order valence-corrected chi connectivity index (χ3v) is 1.82. The van der Waals surface area contributed by atoms with Crippen LogP contribution < -0.4 is 0 Å². The Hall–Kier alpha value is -1.08. The maximum atomic E-state index is 7.97. The summed E-state index contributed by atoms with van der Waals surface area (Å²) in [6.07, 6.45) is 0. The molecule has 0 saturated carbocycles. The highest BCUT2D eigenvalue weighted by Crippen LogP contribution is 2.22. The SMILES string of the molecule is [2H]c1cc(Br)c([2H])c(-c2c([2H])c([2H])c([2H])c([2H])c2[2H])c1[2H]. The van der Waals surface area contributed by atoms with Gasteiger partial charge in [0, 0.05) is 4.47 Å². The van der Waals surface area contributed by atoms with Crippen LogP contribution in [0.5, 0.6) is 0 Å². The molecule has 0 N–H and O–H groups in total. The minimum atomic E-state index is -0.534. The first kappa shape index (κ1) is 3.25. The van der Waals surface area contributed by atoms with Crippen molar-refractivity contribution in [1.29, 1.82) is 0 Å². The van der Waals surface area contributed by atoms with Gasteiger partial charge in [0.25, 0.3) is 0 Å². The second kappa shape index (κ2) is 3.75. The standard InChI is InChI=1S/C12H9Br/c13-12-8-4-7-11(9-12)10-5-2-1-3-6-10/h1-9H/i1D,2D,3D,4D,5D,6D,7D,9D. The van der Waals surface area contributed by atoms with Gasteiger partial charge in [0.1, 0.15) is 0 Å². The zero-order valence-electron chi connectivity index (χ0n) is 14.5. The number of hydrogen-bond acceptors (Lipinski definition) is 0. The van der Waals surface area contributed by atoms with E-state index in [0.717, 1.165) is 0 Å². The van der Waals surface area contributed by atoms with E-state index in [-0.39, 0.29) is 33.7 Å². The van der Waals surface area contributed by atoms with Gasteiger partial charge in [-0.05, 0) is 23.2 Å². The Bertz CT molecular complexity index is 701. The van der Waals surface area contributed by atoms with E-state index in [0.29, 0.717) is 0 Å². The van der Waals surface area contributed by atoms with Crippen LogP contribution in [0.2, 0.25) is 0 Å². The van der Waals surface area contributed by atoms with Crippen LogP contribution in [0.25, 0.3) is 11.1 Å². The van der Waals surface area contributed by atoms with Crippen LogP contribution in [0.3, 0.4) is 0 Å². The first-order chi connectivity index (χ1) is 9.68. The monoisotopic (exact) mass is 240 g/mol. The average Bonchev–Trinajstić information content (AvgIpc) is 2.44. The highest BCUT2D eigenvalue weighted by Gasteiger charge is 1.95. The van der Waals surface area contributed by atoms with Crippen molar-refractivity contribution in [2.24, 2.45) is 0 Å². The Labute approximate surface area is 97.6 Å². The summed E-state index contributed by atoms with van der Waals surface area (Å²) in [5.41, 5.74) is -0.378. The lowest BCUT2D eigenvalue weighted by Crippen LogP contribution is -1.75. The molecule has 2 rings (SSSR count). The lowest BCUT2D eigenvalue weighted by molar-refractivity contribution is 1.59. The zero-order valence-corrected chi connectivity index (χ0v) is 8.04. The fraction of sp³-hybridized carbons (Fsp3) is 0. The van der Waals surface area contributed by atoms with Crippen molar-refractivity contribution in [3.05, 3.63) is 58.9 Å². The smallest absolute Gasteiger partial charge is 0.0622 e. The van der Waals surface area contributed by atoms with Crippen molar-refractivity contribution in [2.45, 2.75) is 0 Å². The molecular formula is C12H9Br. The number of hydrogen-bond donors (Lipinski definition) is 0. The first-order valence-corrected chi connectivity index (χ1v) is 4.31. The van der Waals surface area contributed by atoms with E-state index in [1.807, 2.05) is 0 Å². The minimum absolute atomic E-state index is 0.147.